The first kappa shape index (κ1) is 24.4. The Labute approximate surface area is 210 Å². The van der Waals surface area contributed by atoms with Gasteiger partial charge in [-0.3, -0.25) is 9.59 Å². The molecule has 0 radical (unpaired) electrons. The van der Waals surface area contributed by atoms with Crippen LogP contribution < -0.4 is 10.1 Å². The molecule has 6 atom stereocenters. The quantitative estimate of drug-likeness (QED) is 0.569. The van der Waals surface area contributed by atoms with Crippen molar-refractivity contribution in [3.05, 3.63) is 41.6 Å². The molecule has 1 aromatic carbocycles. The van der Waals surface area contributed by atoms with Gasteiger partial charge in [0.05, 0.1) is 12.6 Å². The molecular weight excluding hydrogens is 436 g/mol. The highest BCUT2D eigenvalue weighted by molar-refractivity contribution is 6.02. The highest BCUT2D eigenvalue weighted by atomic mass is 16.5. The van der Waals surface area contributed by atoms with Gasteiger partial charge in [-0.2, -0.15) is 0 Å². The van der Waals surface area contributed by atoms with Gasteiger partial charge in [0.1, 0.15) is 11.7 Å². The van der Waals surface area contributed by atoms with Crippen LogP contribution >= 0.6 is 0 Å². The Morgan fingerprint density at radius 3 is 2.63 bits per heavy atom. The number of carbonyl (C=O) groups excluding carboxylic acids is 2. The minimum Gasteiger partial charge on any atom is -0.496 e. The van der Waals surface area contributed by atoms with Crippen LogP contribution in [0.15, 0.2) is 36.0 Å². The van der Waals surface area contributed by atoms with Crippen LogP contribution in [0, 0.1) is 34.5 Å². The second-order valence-corrected chi connectivity index (χ2v) is 12.7. The summed E-state index contributed by atoms with van der Waals surface area (Å²) in [6.07, 6.45) is 10.5. The lowest BCUT2D eigenvalue weighted by atomic mass is 9.49. The third-order valence-electron chi connectivity index (χ3n) is 10.4. The molecule has 2 amide bonds. The standard InChI is InChI=1S/C30H42N2O3/c1-28(2,23-10-7-8-12-24(23)35-6)31-26(33)20-18-30(4)22-15-17-29(3)16-9-11-21(29)19(22)13-14-25(30)32(5)27(20)34/h7-8,10,12,14,19-22H,9,11,13,15-18H2,1-6H3,(H,31,33)/t19-,20?,21-,22+,29-,30+/m0/s1. The van der Waals surface area contributed by atoms with Gasteiger partial charge in [-0.1, -0.05) is 44.5 Å². The Balaban J connectivity index is 1.42. The number of piperidine rings is 1. The topological polar surface area (TPSA) is 58.6 Å². The number of nitrogens with zero attached hydrogens (tertiary/aromatic N) is 1. The van der Waals surface area contributed by atoms with E-state index in [0.29, 0.717) is 23.7 Å². The summed E-state index contributed by atoms with van der Waals surface area (Å²) in [6, 6.07) is 7.75. The molecule has 1 heterocycles. The van der Waals surface area contributed by atoms with Crippen molar-refractivity contribution in [2.75, 3.05) is 14.2 Å². The maximum Gasteiger partial charge on any atom is 0.239 e. The molecule has 1 aliphatic heterocycles. The fraction of sp³-hybridized carbons (Fsp3) is 0.667. The van der Waals surface area contributed by atoms with Crippen molar-refractivity contribution in [3.8, 4) is 5.75 Å². The molecule has 0 aromatic heterocycles. The molecule has 5 nitrogen and oxygen atoms in total. The molecule has 1 aromatic rings. The van der Waals surface area contributed by atoms with E-state index in [9.17, 15) is 9.59 Å². The molecule has 35 heavy (non-hydrogen) atoms. The molecule has 1 saturated heterocycles. The minimum absolute atomic E-state index is 0.0815. The van der Waals surface area contributed by atoms with Gasteiger partial charge in [0.15, 0.2) is 0 Å². The largest absolute Gasteiger partial charge is 0.496 e. The van der Waals surface area contributed by atoms with Crippen LogP contribution in [-0.2, 0) is 15.1 Å². The molecular formula is C30H42N2O3. The van der Waals surface area contributed by atoms with Crippen LogP contribution in [0.1, 0.15) is 78.2 Å². The number of hydrogen-bond acceptors (Lipinski definition) is 3. The number of fused-ring (bicyclic) bond motifs is 5. The molecule has 2 saturated carbocycles. The van der Waals surface area contributed by atoms with E-state index in [1.165, 1.54) is 32.1 Å². The highest BCUT2D eigenvalue weighted by Gasteiger charge is 2.59. The average molecular weight is 479 g/mol. The summed E-state index contributed by atoms with van der Waals surface area (Å²) in [4.78, 5) is 29.0. The highest BCUT2D eigenvalue weighted by Crippen LogP contribution is 2.64. The summed E-state index contributed by atoms with van der Waals surface area (Å²) >= 11 is 0. The van der Waals surface area contributed by atoms with Crippen molar-refractivity contribution in [2.45, 2.75) is 78.2 Å². The summed E-state index contributed by atoms with van der Waals surface area (Å²) in [5.41, 5.74) is 1.73. The van der Waals surface area contributed by atoms with E-state index < -0.39 is 11.5 Å². The number of rotatable bonds is 4. The van der Waals surface area contributed by atoms with Crippen molar-refractivity contribution in [2.24, 2.45) is 34.5 Å². The fourth-order valence-electron chi connectivity index (χ4n) is 8.54. The van der Waals surface area contributed by atoms with E-state index in [1.54, 1.807) is 7.11 Å². The molecule has 1 N–H and O–H groups in total. The van der Waals surface area contributed by atoms with Gasteiger partial charge in [-0.25, -0.2) is 0 Å². The van der Waals surface area contributed by atoms with Crippen molar-refractivity contribution in [3.63, 3.8) is 0 Å². The minimum atomic E-state index is -0.674. The van der Waals surface area contributed by atoms with Gasteiger partial charge in [0.25, 0.3) is 0 Å². The lowest BCUT2D eigenvalue weighted by molar-refractivity contribution is -0.149. The van der Waals surface area contributed by atoms with Crippen LogP contribution in [0.3, 0.4) is 0 Å². The predicted octanol–water partition coefficient (Wildman–Crippen LogP) is 5.65. The number of para-hydroxylation sites is 1. The molecule has 190 valence electrons. The predicted molar refractivity (Wildman–Crippen MR) is 138 cm³/mol. The van der Waals surface area contributed by atoms with Gasteiger partial charge in [-0.05, 0) is 81.6 Å². The van der Waals surface area contributed by atoms with E-state index in [2.05, 4.69) is 25.2 Å². The Hall–Kier alpha value is -2.30. The van der Waals surface area contributed by atoms with Crippen molar-refractivity contribution < 1.29 is 14.3 Å². The summed E-state index contributed by atoms with van der Waals surface area (Å²) < 4.78 is 5.55. The van der Waals surface area contributed by atoms with Gasteiger partial charge in [-0.15, -0.1) is 0 Å². The monoisotopic (exact) mass is 478 g/mol. The van der Waals surface area contributed by atoms with E-state index in [4.69, 9.17) is 4.74 Å². The van der Waals surface area contributed by atoms with E-state index >= 15 is 0 Å². The first-order valence-corrected chi connectivity index (χ1v) is 13.5. The Morgan fingerprint density at radius 2 is 1.89 bits per heavy atom. The number of hydrogen-bond donors (Lipinski definition) is 1. The summed E-state index contributed by atoms with van der Waals surface area (Å²) in [5.74, 6) is 1.78. The van der Waals surface area contributed by atoms with Crippen LogP contribution in [0.4, 0.5) is 0 Å². The van der Waals surface area contributed by atoms with E-state index in [0.717, 1.165) is 29.3 Å². The van der Waals surface area contributed by atoms with Gasteiger partial charge < -0.3 is 15.0 Å². The number of benzene rings is 1. The summed E-state index contributed by atoms with van der Waals surface area (Å²) in [7, 11) is 3.52. The smallest absolute Gasteiger partial charge is 0.239 e. The average Bonchev–Trinajstić information content (AvgIpc) is 3.23. The number of nitrogens with one attached hydrogen (secondary N) is 1. The first-order chi connectivity index (χ1) is 16.5. The summed E-state index contributed by atoms with van der Waals surface area (Å²) in [5, 5.41) is 3.21. The van der Waals surface area contributed by atoms with Gasteiger partial charge >= 0.3 is 0 Å². The van der Waals surface area contributed by atoms with Crippen LogP contribution in [0.25, 0.3) is 0 Å². The number of methoxy groups -OCH3 is 1. The lowest BCUT2D eigenvalue weighted by Gasteiger charge is -2.58. The molecule has 1 unspecified atom stereocenters. The number of ether oxygens (including phenoxy) is 1. The van der Waals surface area contributed by atoms with Crippen LogP contribution in [0.5, 0.6) is 5.75 Å². The summed E-state index contributed by atoms with van der Waals surface area (Å²) in [6.45, 7) is 8.80. The second-order valence-electron chi connectivity index (χ2n) is 12.7. The lowest BCUT2D eigenvalue weighted by Crippen LogP contribution is -2.58. The Morgan fingerprint density at radius 1 is 1.14 bits per heavy atom. The zero-order chi connectivity index (χ0) is 25.2. The number of allylic oxidation sites excluding steroid dienone is 2. The van der Waals surface area contributed by atoms with Crippen molar-refractivity contribution >= 4 is 11.8 Å². The molecule has 3 fully saturated rings. The maximum atomic E-state index is 13.7. The number of amides is 2. The van der Waals surface area contributed by atoms with Crippen molar-refractivity contribution in [1.82, 2.24) is 10.2 Å². The van der Waals surface area contributed by atoms with Gasteiger partial charge in [0, 0.05) is 23.7 Å². The Bertz CT molecular complexity index is 1060. The molecule has 3 aliphatic carbocycles. The first-order valence-electron chi connectivity index (χ1n) is 13.5. The zero-order valence-corrected chi connectivity index (χ0v) is 22.3. The van der Waals surface area contributed by atoms with E-state index in [-0.39, 0.29) is 17.2 Å². The molecule has 5 rings (SSSR count). The number of likely N-dealkylation sites (tertiary alicyclic amines) is 1. The zero-order valence-electron chi connectivity index (χ0n) is 22.3. The third kappa shape index (κ3) is 3.72. The normalized spacial score (nSPS) is 36.6. The third-order valence-corrected chi connectivity index (χ3v) is 10.4. The van der Waals surface area contributed by atoms with E-state index in [1.807, 2.05) is 50.1 Å². The Kier molecular flexibility index (Phi) is 5.84. The molecule has 0 bridgehead atoms. The van der Waals surface area contributed by atoms with Crippen LogP contribution in [0.2, 0.25) is 0 Å². The second kappa shape index (κ2) is 8.38. The SMILES string of the molecule is COc1ccccc1C(C)(C)NC(=O)C1C[C@@]2(C)C(=CC[C@@H]3[C@H]2CC[C@]2(C)CCC[C@@H]32)N(C)C1=O. The van der Waals surface area contributed by atoms with Crippen LogP contribution in [-0.4, -0.2) is 30.9 Å². The van der Waals surface area contributed by atoms with Crippen molar-refractivity contribution in [1.29, 1.82) is 0 Å². The molecule has 5 heteroatoms. The molecule has 0 spiro atoms. The fourth-order valence-corrected chi connectivity index (χ4v) is 8.54. The maximum absolute atomic E-state index is 13.7. The molecule has 4 aliphatic rings. The number of carbonyl (C=O) groups is 2. The van der Waals surface area contributed by atoms with Gasteiger partial charge in [0.2, 0.25) is 11.8 Å².